The lowest BCUT2D eigenvalue weighted by atomic mass is 9.97. The van der Waals surface area contributed by atoms with Crippen molar-refractivity contribution >= 4 is 0 Å². The van der Waals surface area contributed by atoms with E-state index in [-0.39, 0.29) is 6.42 Å². The minimum Gasteiger partial charge on any atom is -0.333 e. The van der Waals surface area contributed by atoms with E-state index in [0.29, 0.717) is 6.92 Å². The molecule has 3 unspecified atom stereocenters. The molecule has 9 heteroatoms. The van der Waals surface area contributed by atoms with Crippen molar-refractivity contribution in [2.45, 2.75) is 82.4 Å². The van der Waals surface area contributed by atoms with Crippen LogP contribution in [-0.2, 0) is 14.2 Å². The first-order valence-electron chi connectivity index (χ1n) is 7.35. The van der Waals surface area contributed by atoms with Gasteiger partial charge in [0.2, 0.25) is 5.92 Å². The molecule has 0 aromatic heterocycles. The summed E-state index contributed by atoms with van der Waals surface area (Å²) in [5, 5.41) is 0. The summed E-state index contributed by atoms with van der Waals surface area (Å²) in [6.07, 6.45) is -6.23. The van der Waals surface area contributed by atoms with Crippen LogP contribution < -0.4 is 0 Å². The van der Waals surface area contributed by atoms with E-state index < -0.39 is 62.1 Å². The molecule has 1 fully saturated rings. The number of hydrogen-bond donors (Lipinski definition) is 0. The molecule has 0 saturated carbocycles. The van der Waals surface area contributed by atoms with Gasteiger partial charge in [0.1, 0.15) is 0 Å². The standard InChI is InChI=1S/C14H22F6O3/c1-4-13(17,18)6-5-9-10(23-11(21-3)22-9)7-14(19,20)8-12(2,15)16/h9-11H,4-8H2,1-3H3. The molecule has 1 aliphatic rings. The Kier molecular flexibility index (Phi) is 6.74. The Bertz CT molecular complexity index is 372. The third-order valence-corrected chi connectivity index (χ3v) is 3.56. The molecule has 0 amide bonds. The van der Waals surface area contributed by atoms with Gasteiger partial charge in [0, 0.05) is 26.4 Å². The van der Waals surface area contributed by atoms with Crippen LogP contribution in [0.3, 0.4) is 0 Å². The number of hydrogen-bond acceptors (Lipinski definition) is 3. The molecule has 1 aliphatic heterocycles. The maximum Gasteiger partial charge on any atom is 0.272 e. The van der Waals surface area contributed by atoms with E-state index in [4.69, 9.17) is 14.2 Å². The zero-order chi connectivity index (χ0) is 17.9. The smallest absolute Gasteiger partial charge is 0.272 e. The summed E-state index contributed by atoms with van der Waals surface area (Å²) >= 11 is 0. The molecule has 1 heterocycles. The zero-order valence-corrected chi connectivity index (χ0v) is 13.3. The van der Waals surface area contributed by atoms with Gasteiger partial charge in [-0.2, -0.15) is 0 Å². The topological polar surface area (TPSA) is 27.7 Å². The molecule has 1 rings (SSSR count). The van der Waals surface area contributed by atoms with Gasteiger partial charge in [-0.05, 0) is 13.3 Å². The maximum atomic E-state index is 13.7. The van der Waals surface area contributed by atoms with Crippen molar-refractivity contribution in [2.75, 3.05) is 7.11 Å². The van der Waals surface area contributed by atoms with E-state index in [2.05, 4.69) is 0 Å². The highest BCUT2D eigenvalue weighted by atomic mass is 19.3. The fraction of sp³-hybridized carbons (Fsp3) is 1.00. The van der Waals surface area contributed by atoms with Gasteiger partial charge in [-0.15, -0.1) is 0 Å². The molecule has 3 nitrogen and oxygen atoms in total. The second-order valence-electron chi connectivity index (χ2n) is 5.93. The van der Waals surface area contributed by atoms with Gasteiger partial charge in [-0.3, -0.25) is 0 Å². The molecule has 0 spiro atoms. The summed E-state index contributed by atoms with van der Waals surface area (Å²) in [5.41, 5.74) is 0. The monoisotopic (exact) mass is 352 g/mol. The van der Waals surface area contributed by atoms with E-state index in [1.807, 2.05) is 0 Å². The fourth-order valence-corrected chi connectivity index (χ4v) is 2.39. The van der Waals surface area contributed by atoms with Gasteiger partial charge in [0.25, 0.3) is 18.3 Å². The minimum absolute atomic E-state index is 0.232. The first kappa shape index (κ1) is 20.5. The molecular weight excluding hydrogens is 330 g/mol. The predicted molar refractivity (Wildman–Crippen MR) is 69.8 cm³/mol. The van der Waals surface area contributed by atoms with Crippen LogP contribution >= 0.6 is 0 Å². The number of ether oxygens (including phenoxy) is 3. The number of halogens is 6. The van der Waals surface area contributed by atoms with Gasteiger partial charge in [0.05, 0.1) is 18.6 Å². The first-order chi connectivity index (χ1) is 10.4. The summed E-state index contributed by atoms with van der Waals surface area (Å²) in [4.78, 5) is 0. The zero-order valence-electron chi connectivity index (χ0n) is 13.3. The Hall–Kier alpha value is -0.540. The summed E-state index contributed by atoms with van der Waals surface area (Å²) in [6.45, 7) is 0.432. The Morgan fingerprint density at radius 2 is 1.52 bits per heavy atom. The molecular formula is C14H22F6O3. The van der Waals surface area contributed by atoms with Gasteiger partial charge < -0.3 is 14.2 Å². The molecule has 0 N–H and O–H groups in total. The Balaban J connectivity index is 2.69. The fourth-order valence-electron chi connectivity index (χ4n) is 2.39. The second kappa shape index (κ2) is 7.57. The van der Waals surface area contributed by atoms with E-state index in [1.54, 1.807) is 0 Å². The van der Waals surface area contributed by atoms with Crippen molar-refractivity contribution in [1.82, 2.24) is 0 Å². The highest BCUT2D eigenvalue weighted by Gasteiger charge is 2.47. The van der Waals surface area contributed by atoms with Crippen molar-refractivity contribution < 1.29 is 40.6 Å². The van der Waals surface area contributed by atoms with Gasteiger partial charge >= 0.3 is 0 Å². The minimum atomic E-state index is -3.71. The van der Waals surface area contributed by atoms with Crippen molar-refractivity contribution in [3.63, 3.8) is 0 Å². The number of alkyl halides is 6. The maximum absolute atomic E-state index is 13.7. The number of rotatable bonds is 9. The third kappa shape index (κ3) is 7.26. The summed E-state index contributed by atoms with van der Waals surface area (Å²) in [7, 11) is 1.20. The molecule has 0 aliphatic carbocycles. The molecule has 23 heavy (non-hydrogen) atoms. The van der Waals surface area contributed by atoms with Crippen LogP contribution in [0, 0.1) is 0 Å². The lowest BCUT2D eigenvalue weighted by Gasteiger charge is -2.25. The quantitative estimate of drug-likeness (QED) is 0.568. The van der Waals surface area contributed by atoms with Gasteiger partial charge in [-0.25, -0.2) is 26.3 Å². The highest BCUT2D eigenvalue weighted by Crippen LogP contribution is 2.38. The number of methoxy groups -OCH3 is 1. The SMILES string of the molecule is CCC(F)(F)CCC1OC(OC)OC1CC(F)(F)CC(C)(F)F. The summed E-state index contributed by atoms with van der Waals surface area (Å²) in [5.74, 6) is -10.2. The van der Waals surface area contributed by atoms with Crippen molar-refractivity contribution in [3.05, 3.63) is 0 Å². The van der Waals surface area contributed by atoms with E-state index >= 15 is 0 Å². The first-order valence-corrected chi connectivity index (χ1v) is 7.35. The highest BCUT2D eigenvalue weighted by molar-refractivity contribution is 4.85. The van der Waals surface area contributed by atoms with Crippen LogP contribution in [0.4, 0.5) is 26.3 Å². The van der Waals surface area contributed by atoms with Gasteiger partial charge in [0.15, 0.2) is 0 Å². The molecule has 1 saturated heterocycles. The Morgan fingerprint density at radius 1 is 0.957 bits per heavy atom. The Morgan fingerprint density at radius 3 is 2.00 bits per heavy atom. The van der Waals surface area contributed by atoms with Crippen LogP contribution in [0.5, 0.6) is 0 Å². The normalized spacial score (nSPS) is 26.7. The molecule has 138 valence electrons. The molecule has 0 aromatic rings. The second-order valence-corrected chi connectivity index (χ2v) is 5.93. The van der Waals surface area contributed by atoms with Crippen LogP contribution in [0.25, 0.3) is 0 Å². The Labute approximate surface area is 131 Å². The van der Waals surface area contributed by atoms with Crippen LogP contribution in [0.2, 0.25) is 0 Å². The van der Waals surface area contributed by atoms with Crippen LogP contribution in [-0.4, -0.2) is 43.6 Å². The molecule has 0 bridgehead atoms. The van der Waals surface area contributed by atoms with Crippen LogP contribution in [0.15, 0.2) is 0 Å². The van der Waals surface area contributed by atoms with E-state index in [9.17, 15) is 26.3 Å². The van der Waals surface area contributed by atoms with Crippen LogP contribution in [0.1, 0.15) is 46.0 Å². The molecule has 3 atom stereocenters. The largest absolute Gasteiger partial charge is 0.333 e. The third-order valence-electron chi connectivity index (χ3n) is 3.56. The van der Waals surface area contributed by atoms with E-state index in [1.165, 1.54) is 14.0 Å². The average molecular weight is 352 g/mol. The van der Waals surface area contributed by atoms with Crippen molar-refractivity contribution in [1.29, 1.82) is 0 Å². The van der Waals surface area contributed by atoms with Crippen molar-refractivity contribution in [3.8, 4) is 0 Å². The lowest BCUT2D eigenvalue weighted by molar-refractivity contribution is -0.232. The molecule has 0 aromatic carbocycles. The average Bonchev–Trinajstić information content (AvgIpc) is 2.75. The summed E-state index contributed by atoms with van der Waals surface area (Å²) < 4.78 is 94.6. The molecule has 0 radical (unpaired) electrons. The van der Waals surface area contributed by atoms with E-state index in [0.717, 1.165) is 0 Å². The van der Waals surface area contributed by atoms with Crippen molar-refractivity contribution in [2.24, 2.45) is 0 Å². The summed E-state index contributed by atoms with van der Waals surface area (Å²) in [6, 6.07) is 0. The van der Waals surface area contributed by atoms with Gasteiger partial charge in [-0.1, -0.05) is 6.92 Å². The lowest BCUT2D eigenvalue weighted by Crippen LogP contribution is -2.35. The predicted octanol–water partition coefficient (Wildman–Crippen LogP) is 4.60.